The van der Waals surface area contributed by atoms with Crippen molar-refractivity contribution in [1.82, 2.24) is 19.7 Å². The van der Waals surface area contributed by atoms with Crippen molar-refractivity contribution in [2.24, 2.45) is 0 Å². The van der Waals surface area contributed by atoms with Gasteiger partial charge < -0.3 is 4.90 Å². The van der Waals surface area contributed by atoms with Crippen LogP contribution in [0.15, 0.2) is 38.7 Å². The van der Waals surface area contributed by atoms with Crippen LogP contribution < -0.4 is 5.56 Å². The number of halogens is 1. The van der Waals surface area contributed by atoms with E-state index in [0.717, 1.165) is 9.04 Å². The molecule has 2 rings (SSSR count). The van der Waals surface area contributed by atoms with E-state index in [0.29, 0.717) is 16.5 Å². The van der Waals surface area contributed by atoms with E-state index in [2.05, 4.69) is 26.1 Å². The van der Waals surface area contributed by atoms with Gasteiger partial charge in [-0.2, -0.15) is 0 Å². The van der Waals surface area contributed by atoms with Crippen LogP contribution in [0.1, 0.15) is 6.92 Å². The number of aromatic nitrogens is 3. The van der Waals surface area contributed by atoms with Crippen LogP contribution in [-0.2, 0) is 0 Å². The van der Waals surface area contributed by atoms with Gasteiger partial charge in [-0.1, -0.05) is 46.7 Å². The zero-order chi connectivity index (χ0) is 16.3. The Morgan fingerprint density at radius 2 is 1.91 bits per heavy atom. The number of carbonyl (C=O) groups is 1. The fraction of sp³-hybridized carbons (Fsp3) is 0.286. The molecule has 0 aliphatic rings. The number of nitrogens with zero attached hydrogens (tertiary/aromatic N) is 4. The molecule has 0 unspecified atom stereocenters. The van der Waals surface area contributed by atoms with Crippen molar-refractivity contribution in [1.29, 1.82) is 0 Å². The van der Waals surface area contributed by atoms with E-state index in [1.54, 1.807) is 26.2 Å². The molecule has 0 saturated carbocycles. The van der Waals surface area contributed by atoms with Crippen LogP contribution in [0.5, 0.6) is 0 Å². The van der Waals surface area contributed by atoms with Gasteiger partial charge in [0.2, 0.25) is 5.16 Å². The number of amides is 1. The molecule has 0 fully saturated rings. The summed E-state index contributed by atoms with van der Waals surface area (Å²) < 4.78 is 1.96. The molecule has 0 radical (unpaired) electrons. The number of rotatable bonds is 3. The van der Waals surface area contributed by atoms with E-state index in [9.17, 15) is 9.59 Å². The van der Waals surface area contributed by atoms with Gasteiger partial charge in [0.05, 0.1) is 0 Å². The smallest absolute Gasteiger partial charge is 0.330 e. The molecule has 2 aromatic rings. The molecule has 0 spiro atoms. The third kappa shape index (κ3) is 3.38. The molecule has 22 heavy (non-hydrogen) atoms. The highest BCUT2D eigenvalue weighted by Crippen LogP contribution is 2.19. The normalized spacial score (nSPS) is 10.5. The van der Waals surface area contributed by atoms with Gasteiger partial charge in [0.25, 0.3) is 5.56 Å². The number of thioether (sulfide) groups is 1. The van der Waals surface area contributed by atoms with Gasteiger partial charge in [0, 0.05) is 24.1 Å². The fourth-order valence-electron chi connectivity index (χ4n) is 1.75. The zero-order valence-corrected chi connectivity index (χ0v) is 14.8. The second-order valence-electron chi connectivity index (χ2n) is 4.59. The minimum Gasteiger partial charge on any atom is -0.330 e. The largest absolute Gasteiger partial charge is 0.332 e. The first-order valence-electron chi connectivity index (χ1n) is 6.55. The molecule has 0 aliphatic heterocycles. The van der Waals surface area contributed by atoms with Crippen molar-refractivity contribution < 1.29 is 4.79 Å². The Morgan fingerprint density at radius 3 is 2.45 bits per heavy atom. The highest BCUT2D eigenvalue weighted by Gasteiger charge is 2.20. The van der Waals surface area contributed by atoms with Gasteiger partial charge in [-0.25, -0.2) is 9.36 Å². The van der Waals surface area contributed by atoms with Crippen LogP contribution in [-0.4, -0.2) is 45.5 Å². The third-order valence-electron chi connectivity index (χ3n) is 2.80. The van der Waals surface area contributed by atoms with Gasteiger partial charge in [-0.05, 0) is 17.9 Å². The number of carbonyl (C=O) groups excluding carboxylic acids is 1. The summed E-state index contributed by atoms with van der Waals surface area (Å²) in [5.74, 6) is 0.687. The predicted molar refractivity (Wildman–Crippen MR) is 90.3 cm³/mol. The Kier molecular flexibility index (Phi) is 5.36. The molecule has 1 heterocycles. The summed E-state index contributed by atoms with van der Waals surface area (Å²) in [6, 6.07) is 6.69. The SMILES string of the molecule is CCSc1nnc(-c2ccc(Br)cc2)c(=O)n1C(=O)N(C)C. The van der Waals surface area contributed by atoms with E-state index in [-0.39, 0.29) is 5.69 Å². The summed E-state index contributed by atoms with van der Waals surface area (Å²) >= 11 is 4.64. The molecule has 1 aromatic carbocycles. The van der Waals surface area contributed by atoms with E-state index < -0.39 is 11.6 Å². The Balaban J connectivity index is 2.64. The van der Waals surface area contributed by atoms with Crippen LogP contribution in [0.4, 0.5) is 4.79 Å². The standard InChI is InChI=1S/C14H15BrN4O2S/c1-4-22-13-17-16-11(9-5-7-10(15)8-6-9)12(20)19(13)14(21)18(2)3/h5-8H,4H2,1-3H3. The number of hydrogen-bond donors (Lipinski definition) is 0. The van der Waals surface area contributed by atoms with Crippen molar-refractivity contribution >= 4 is 33.7 Å². The van der Waals surface area contributed by atoms with Crippen LogP contribution in [0.3, 0.4) is 0 Å². The predicted octanol–water partition coefficient (Wildman–Crippen LogP) is 2.71. The van der Waals surface area contributed by atoms with E-state index >= 15 is 0 Å². The Morgan fingerprint density at radius 1 is 1.27 bits per heavy atom. The lowest BCUT2D eigenvalue weighted by Gasteiger charge is -2.15. The maximum Gasteiger partial charge on any atom is 0.332 e. The lowest BCUT2D eigenvalue weighted by molar-refractivity contribution is 0.215. The van der Waals surface area contributed by atoms with Crippen molar-refractivity contribution in [2.45, 2.75) is 12.1 Å². The Hall–Kier alpha value is -1.67. The average Bonchev–Trinajstić information content (AvgIpc) is 2.48. The quantitative estimate of drug-likeness (QED) is 0.763. The van der Waals surface area contributed by atoms with Gasteiger partial charge in [0.1, 0.15) is 0 Å². The van der Waals surface area contributed by atoms with Crippen molar-refractivity contribution in [3.8, 4) is 11.3 Å². The first-order chi connectivity index (χ1) is 10.5. The second kappa shape index (κ2) is 7.06. The zero-order valence-electron chi connectivity index (χ0n) is 12.4. The van der Waals surface area contributed by atoms with Crippen LogP contribution in [0.25, 0.3) is 11.3 Å². The third-order valence-corrected chi connectivity index (χ3v) is 4.14. The molecular formula is C14H15BrN4O2S. The highest BCUT2D eigenvalue weighted by atomic mass is 79.9. The highest BCUT2D eigenvalue weighted by molar-refractivity contribution is 9.10. The molecule has 1 amide bonds. The first-order valence-corrected chi connectivity index (χ1v) is 8.33. The molecule has 0 saturated heterocycles. The molecule has 116 valence electrons. The lowest BCUT2D eigenvalue weighted by Crippen LogP contribution is -2.38. The summed E-state index contributed by atoms with van der Waals surface area (Å²) in [4.78, 5) is 26.3. The van der Waals surface area contributed by atoms with Gasteiger partial charge in [-0.3, -0.25) is 4.79 Å². The number of hydrogen-bond acceptors (Lipinski definition) is 5. The van der Waals surface area contributed by atoms with E-state index in [4.69, 9.17) is 0 Å². The van der Waals surface area contributed by atoms with Crippen molar-refractivity contribution in [3.05, 3.63) is 39.1 Å². The first kappa shape index (κ1) is 16.7. The summed E-state index contributed by atoms with van der Waals surface area (Å²) in [7, 11) is 3.18. The van der Waals surface area contributed by atoms with Crippen molar-refractivity contribution in [2.75, 3.05) is 19.8 Å². The monoisotopic (exact) mass is 382 g/mol. The van der Waals surface area contributed by atoms with E-state index in [1.165, 1.54) is 16.7 Å². The molecular weight excluding hydrogens is 368 g/mol. The Bertz CT molecular complexity index is 743. The average molecular weight is 383 g/mol. The molecule has 6 nitrogen and oxygen atoms in total. The van der Waals surface area contributed by atoms with Gasteiger partial charge >= 0.3 is 6.03 Å². The Labute approximate surface area is 140 Å². The number of benzene rings is 1. The van der Waals surface area contributed by atoms with Crippen molar-refractivity contribution in [3.63, 3.8) is 0 Å². The molecule has 0 atom stereocenters. The van der Waals surface area contributed by atoms with Gasteiger partial charge in [0.15, 0.2) is 5.69 Å². The van der Waals surface area contributed by atoms with Gasteiger partial charge in [-0.15, -0.1) is 10.2 Å². The summed E-state index contributed by atoms with van der Waals surface area (Å²) in [6.07, 6.45) is 0. The molecule has 1 aromatic heterocycles. The molecule has 8 heteroatoms. The summed E-state index contributed by atoms with van der Waals surface area (Å²) in [5.41, 5.74) is 0.309. The maximum atomic E-state index is 12.7. The topological polar surface area (TPSA) is 68.1 Å². The summed E-state index contributed by atoms with van der Waals surface area (Å²) in [5, 5.41) is 8.36. The maximum absolute atomic E-state index is 12.7. The molecule has 0 aliphatic carbocycles. The van der Waals surface area contributed by atoms with Crippen LogP contribution in [0.2, 0.25) is 0 Å². The minimum atomic E-state index is -0.466. The summed E-state index contributed by atoms with van der Waals surface area (Å²) in [6.45, 7) is 1.92. The minimum absolute atomic E-state index is 0.156. The van der Waals surface area contributed by atoms with E-state index in [1.807, 2.05) is 19.1 Å². The molecule has 0 N–H and O–H groups in total. The lowest BCUT2D eigenvalue weighted by atomic mass is 10.2. The fourth-order valence-corrected chi connectivity index (χ4v) is 2.66. The second-order valence-corrected chi connectivity index (χ2v) is 6.74. The molecule has 0 bridgehead atoms. The van der Waals surface area contributed by atoms with Crippen LogP contribution >= 0.6 is 27.7 Å². The van der Waals surface area contributed by atoms with Crippen LogP contribution in [0, 0.1) is 0 Å².